The average molecular weight is 334 g/mol. The van der Waals surface area contributed by atoms with E-state index in [2.05, 4.69) is 4.89 Å². The molecule has 1 aromatic carbocycles. The lowest BCUT2D eigenvalue weighted by atomic mass is 9.99. The summed E-state index contributed by atoms with van der Waals surface area (Å²) in [5, 5.41) is 8.32. The van der Waals surface area contributed by atoms with E-state index in [4.69, 9.17) is 14.7 Å². The molecule has 5 nitrogen and oxygen atoms in total. The van der Waals surface area contributed by atoms with E-state index in [1.54, 1.807) is 6.92 Å². The third-order valence-corrected chi connectivity index (χ3v) is 2.98. The molecule has 0 spiro atoms. The fourth-order valence-electron chi connectivity index (χ4n) is 2.02. The predicted molar refractivity (Wildman–Crippen MR) is 76.2 cm³/mol. The molecule has 1 N–H and O–H groups in total. The highest BCUT2D eigenvalue weighted by Gasteiger charge is 2.49. The Morgan fingerprint density at radius 3 is 2.39 bits per heavy atom. The lowest BCUT2D eigenvalue weighted by Crippen LogP contribution is -2.40. The molecule has 8 heteroatoms. The van der Waals surface area contributed by atoms with Gasteiger partial charge in [-0.05, 0) is 24.6 Å². The second-order valence-corrected chi connectivity index (χ2v) is 4.38. The van der Waals surface area contributed by atoms with Gasteiger partial charge < -0.3 is 9.47 Å². The third-order valence-electron chi connectivity index (χ3n) is 2.98. The molecular formula is C15H17F3O5. The summed E-state index contributed by atoms with van der Waals surface area (Å²) in [6.07, 6.45) is -6.38. The maximum Gasteiger partial charge on any atom is 0.430 e. The maximum absolute atomic E-state index is 13.0. The summed E-state index contributed by atoms with van der Waals surface area (Å²) in [7, 11) is 1.38. The molecule has 128 valence electrons. The van der Waals surface area contributed by atoms with Crippen LogP contribution in [-0.4, -0.2) is 30.6 Å². The minimum Gasteiger partial charge on any atom is -0.496 e. The smallest absolute Gasteiger partial charge is 0.430 e. The second-order valence-electron chi connectivity index (χ2n) is 4.38. The van der Waals surface area contributed by atoms with Gasteiger partial charge in [-0.1, -0.05) is 13.8 Å². The molecule has 1 unspecified atom stereocenters. The number of carbonyl (C=O) groups is 1. The number of ether oxygens (including phenoxy) is 2. The number of hydrogen-bond acceptors (Lipinski definition) is 5. The number of aryl methyl sites for hydroxylation is 1. The van der Waals surface area contributed by atoms with E-state index < -0.39 is 23.8 Å². The van der Waals surface area contributed by atoms with Crippen molar-refractivity contribution < 1.29 is 37.6 Å². The number of hydrogen-bond donors (Lipinski definition) is 1. The van der Waals surface area contributed by atoms with Crippen molar-refractivity contribution in [3.63, 3.8) is 0 Å². The van der Waals surface area contributed by atoms with E-state index in [9.17, 15) is 18.0 Å². The normalized spacial score (nSPS) is 16.2. The van der Waals surface area contributed by atoms with Crippen molar-refractivity contribution in [3.05, 3.63) is 28.8 Å². The highest BCUT2D eigenvalue weighted by molar-refractivity contribution is 5.96. The van der Waals surface area contributed by atoms with Gasteiger partial charge in [-0.3, -0.25) is 4.89 Å². The van der Waals surface area contributed by atoms with Crippen LogP contribution in [0.3, 0.4) is 0 Å². The van der Waals surface area contributed by atoms with E-state index >= 15 is 0 Å². The highest BCUT2D eigenvalue weighted by atomic mass is 19.4. The van der Waals surface area contributed by atoms with Crippen LogP contribution in [0.15, 0.2) is 17.7 Å². The molecule has 1 aromatic rings. The topological polar surface area (TPSA) is 65.0 Å². The maximum atomic E-state index is 13.0. The van der Waals surface area contributed by atoms with Gasteiger partial charge >= 0.3 is 12.1 Å². The van der Waals surface area contributed by atoms with Gasteiger partial charge in [0.15, 0.2) is 0 Å². The quantitative estimate of drug-likeness (QED) is 0.659. The Bertz CT molecular complexity index is 608. The molecule has 23 heavy (non-hydrogen) atoms. The molecule has 0 aromatic heterocycles. The van der Waals surface area contributed by atoms with Crippen LogP contribution >= 0.6 is 0 Å². The Morgan fingerprint density at radius 1 is 1.30 bits per heavy atom. The van der Waals surface area contributed by atoms with E-state index in [0.717, 1.165) is 6.08 Å². The van der Waals surface area contributed by atoms with E-state index in [-0.39, 0.29) is 11.3 Å². The van der Waals surface area contributed by atoms with Gasteiger partial charge in [0.1, 0.15) is 11.5 Å². The molecule has 0 saturated heterocycles. The number of fused-ring (bicyclic) bond motifs is 1. The van der Waals surface area contributed by atoms with Crippen molar-refractivity contribution >= 4 is 12.0 Å². The van der Waals surface area contributed by atoms with Crippen LogP contribution in [0, 0.1) is 6.92 Å². The standard InChI is InChI=1S/C13H11F3O5.C2H6/c1-6-3-7-4-8(12(17)21-18)11(13(14,15)16)20-10(7)5-9(6)19-2;1-2/h3-5,11,18H,1-2H3;1-2H3. The molecular weight excluding hydrogens is 317 g/mol. The van der Waals surface area contributed by atoms with Crippen LogP contribution in [0.5, 0.6) is 11.5 Å². The van der Waals surface area contributed by atoms with Gasteiger partial charge in [0.25, 0.3) is 0 Å². The Labute approximate surface area is 131 Å². The van der Waals surface area contributed by atoms with E-state index in [0.29, 0.717) is 11.3 Å². The van der Waals surface area contributed by atoms with Crippen LogP contribution in [-0.2, 0) is 9.68 Å². The molecule has 0 saturated carbocycles. The first-order chi connectivity index (χ1) is 10.8. The van der Waals surface area contributed by atoms with Gasteiger partial charge in [-0.15, -0.1) is 0 Å². The van der Waals surface area contributed by atoms with Gasteiger partial charge in [0.2, 0.25) is 6.10 Å². The van der Waals surface area contributed by atoms with Gasteiger partial charge in [0.05, 0.1) is 12.7 Å². The highest BCUT2D eigenvalue weighted by Crippen LogP contribution is 2.40. The summed E-state index contributed by atoms with van der Waals surface area (Å²) in [6, 6.07) is 2.81. The Morgan fingerprint density at radius 2 is 1.91 bits per heavy atom. The Kier molecular flexibility index (Phi) is 6.03. The lowest BCUT2D eigenvalue weighted by Gasteiger charge is -2.27. The molecule has 0 amide bonds. The number of halogens is 3. The largest absolute Gasteiger partial charge is 0.496 e. The molecule has 1 atom stereocenters. The molecule has 2 rings (SSSR count). The first-order valence-electron chi connectivity index (χ1n) is 6.77. The van der Waals surface area contributed by atoms with Crippen molar-refractivity contribution in [2.45, 2.75) is 33.1 Å². The summed E-state index contributed by atoms with van der Waals surface area (Å²) in [6.45, 7) is 5.69. The summed E-state index contributed by atoms with van der Waals surface area (Å²) in [5.74, 6) is -1.23. The summed E-state index contributed by atoms with van der Waals surface area (Å²) < 4.78 is 48.7. The minimum atomic E-state index is -4.84. The SMILES string of the molecule is CC.COc1cc2c(cc1C)C=C(C(=O)OO)C(C(F)(F)F)O2. The van der Waals surface area contributed by atoms with E-state index in [1.807, 2.05) is 13.8 Å². The third kappa shape index (κ3) is 3.95. The summed E-state index contributed by atoms with van der Waals surface area (Å²) in [4.78, 5) is 14.7. The Balaban J connectivity index is 0.00000127. The van der Waals surface area contributed by atoms with Crippen LogP contribution in [0.1, 0.15) is 25.0 Å². The summed E-state index contributed by atoms with van der Waals surface area (Å²) >= 11 is 0. The van der Waals surface area contributed by atoms with E-state index in [1.165, 1.54) is 19.2 Å². The van der Waals surface area contributed by atoms with Gasteiger partial charge in [0, 0.05) is 11.6 Å². The monoisotopic (exact) mass is 334 g/mol. The van der Waals surface area contributed by atoms with Crippen molar-refractivity contribution in [1.29, 1.82) is 0 Å². The minimum absolute atomic E-state index is 0.0748. The van der Waals surface area contributed by atoms with Crippen LogP contribution < -0.4 is 9.47 Å². The second kappa shape index (κ2) is 7.36. The van der Waals surface area contributed by atoms with Gasteiger partial charge in [-0.25, -0.2) is 4.79 Å². The van der Waals surface area contributed by atoms with Crippen molar-refractivity contribution in [1.82, 2.24) is 0 Å². The van der Waals surface area contributed by atoms with Crippen molar-refractivity contribution in [2.75, 3.05) is 7.11 Å². The number of rotatable bonds is 2. The van der Waals surface area contributed by atoms with Crippen LogP contribution in [0.4, 0.5) is 13.2 Å². The number of carbonyl (C=O) groups excluding carboxylic acids is 1. The van der Waals surface area contributed by atoms with Gasteiger partial charge in [-0.2, -0.15) is 18.4 Å². The first kappa shape index (κ1) is 18.8. The predicted octanol–water partition coefficient (Wildman–Crippen LogP) is 3.75. The Hall–Kier alpha value is -2.22. The lowest BCUT2D eigenvalue weighted by molar-refractivity contribution is -0.235. The zero-order chi connectivity index (χ0) is 17.8. The number of alkyl halides is 3. The molecule has 0 bridgehead atoms. The zero-order valence-electron chi connectivity index (χ0n) is 13.0. The molecule has 1 aliphatic heterocycles. The van der Waals surface area contributed by atoms with Crippen LogP contribution in [0.25, 0.3) is 6.08 Å². The fraction of sp³-hybridized carbons (Fsp3) is 0.400. The van der Waals surface area contributed by atoms with Crippen molar-refractivity contribution in [3.8, 4) is 11.5 Å². The average Bonchev–Trinajstić information content (AvgIpc) is 2.53. The molecule has 0 aliphatic carbocycles. The number of benzene rings is 1. The van der Waals surface area contributed by atoms with Crippen molar-refractivity contribution in [2.24, 2.45) is 0 Å². The molecule has 0 radical (unpaired) electrons. The molecule has 0 fully saturated rings. The number of methoxy groups -OCH3 is 1. The zero-order valence-corrected chi connectivity index (χ0v) is 13.0. The molecule has 1 heterocycles. The van der Waals surface area contributed by atoms with Crippen LogP contribution in [0.2, 0.25) is 0 Å². The molecule has 1 aliphatic rings. The first-order valence-corrected chi connectivity index (χ1v) is 6.77. The fourth-order valence-corrected chi connectivity index (χ4v) is 2.02. The summed E-state index contributed by atoms with van der Waals surface area (Å²) in [5.41, 5.74) is 0.0783.